The van der Waals surface area contributed by atoms with Crippen LogP contribution in [0.3, 0.4) is 0 Å². The number of rotatable bonds is 10. The third-order valence-corrected chi connectivity index (χ3v) is 2.77. The Morgan fingerprint density at radius 3 is 2.17 bits per heavy atom. The molecule has 0 rings (SSSR count). The summed E-state index contributed by atoms with van der Waals surface area (Å²) in [5, 5.41) is 0. The average Bonchev–Trinajstić information content (AvgIpc) is 2.36. The van der Waals surface area contributed by atoms with Gasteiger partial charge in [0.2, 0.25) is 5.91 Å². The van der Waals surface area contributed by atoms with Crippen molar-refractivity contribution in [1.82, 2.24) is 4.90 Å². The van der Waals surface area contributed by atoms with Crippen molar-refractivity contribution in [1.29, 1.82) is 0 Å². The summed E-state index contributed by atoms with van der Waals surface area (Å²) >= 11 is 0. The Kier molecular flexibility index (Phi) is 10.4. The lowest BCUT2D eigenvalue weighted by Gasteiger charge is -2.22. The molecule has 0 radical (unpaired) electrons. The van der Waals surface area contributed by atoms with Gasteiger partial charge in [0.25, 0.3) is 0 Å². The van der Waals surface area contributed by atoms with Gasteiger partial charge in [0.15, 0.2) is 0 Å². The van der Waals surface area contributed by atoms with Crippen molar-refractivity contribution in [2.45, 2.75) is 59.3 Å². The van der Waals surface area contributed by atoms with Crippen molar-refractivity contribution < 1.29 is 14.3 Å². The van der Waals surface area contributed by atoms with Crippen molar-refractivity contribution in [2.75, 3.05) is 19.7 Å². The molecule has 4 heteroatoms. The molecule has 0 saturated heterocycles. The lowest BCUT2D eigenvalue weighted by atomic mass is 10.2. The summed E-state index contributed by atoms with van der Waals surface area (Å²) in [6, 6.07) is 0. The fourth-order valence-corrected chi connectivity index (χ4v) is 1.66. The first-order valence-corrected chi connectivity index (χ1v) is 7.09. The Labute approximate surface area is 111 Å². The Morgan fingerprint density at radius 1 is 0.944 bits per heavy atom. The molecule has 0 aromatic heterocycles. The minimum Gasteiger partial charge on any atom is -0.466 e. The van der Waals surface area contributed by atoms with Gasteiger partial charge in [0.05, 0.1) is 13.0 Å². The van der Waals surface area contributed by atoms with Crippen LogP contribution in [0.5, 0.6) is 0 Å². The Balaban J connectivity index is 4.12. The predicted octanol–water partition coefficient (Wildman–Crippen LogP) is 2.76. The number of ether oxygens (including phenoxy) is 1. The molecular formula is C14H27NO3. The molecule has 0 aliphatic heterocycles. The maximum atomic E-state index is 12.0. The van der Waals surface area contributed by atoms with E-state index in [1.54, 1.807) is 11.8 Å². The van der Waals surface area contributed by atoms with Crippen LogP contribution in [0.2, 0.25) is 0 Å². The van der Waals surface area contributed by atoms with Crippen LogP contribution in [-0.2, 0) is 14.3 Å². The summed E-state index contributed by atoms with van der Waals surface area (Å²) in [4.78, 5) is 25.1. The van der Waals surface area contributed by atoms with Crippen LogP contribution in [-0.4, -0.2) is 36.5 Å². The molecule has 0 aliphatic rings. The van der Waals surface area contributed by atoms with E-state index in [0.717, 1.165) is 32.2 Å². The molecule has 0 fully saturated rings. The van der Waals surface area contributed by atoms with E-state index >= 15 is 0 Å². The second kappa shape index (κ2) is 11.1. The SMILES string of the molecule is CCCCC(=O)N(CCCC)CCC(=O)OCC. The van der Waals surface area contributed by atoms with E-state index in [0.29, 0.717) is 26.0 Å². The van der Waals surface area contributed by atoms with E-state index in [4.69, 9.17) is 4.74 Å². The molecule has 0 bridgehead atoms. The minimum atomic E-state index is -0.220. The average molecular weight is 257 g/mol. The molecule has 0 N–H and O–H groups in total. The Bertz CT molecular complexity index is 241. The van der Waals surface area contributed by atoms with Crippen LogP contribution in [0, 0.1) is 0 Å². The quantitative estimate of drug-likeness (QED) is 0.565. The van der Waals surface area contributed by atoms with Crippen LogP contribution < -0.4 is 0 Å². The zero-order chi connectivity index (χ0) is 13.8. The fourth-order valence-electron chi connectivity index (χ4n) is 1.66. The largest absolute Gasteiger partial charge is 0.466 e. The fraction of sp³-hybridized carbons (Fsp3) is 0.857. The van der Waals surface area contributed by atoms with Gasteiger partial charge in [-0.25, -0.2) is 0 Å². The molecule has 0 aromatic carbocycles. The zero-order valence-corrected chi connectivity index (χ0v) is 12.0. The highest BCUT2D eigenvalue weighted by molar-refractivity contribution is 5.77. The van der Waals surface area contributed by atoms with E-state index in [-0.39, 0.29) is 11.9 Å². The van der Waals surface area contributed by atoms with E-state index in [1.807, 2.05) is 0 Å². The number of nitrogens with zero attached hydrogens (tertiary/aromatic N) is 1. The summed E-state index contributed by atoms with van der Waals surface area (Å²) in [6.45, 7) is 7.60. The van der Waals surface area contributed by atoms with Gasteiger partial charge >= 0.3 is 5.97 Å². The number of hydrogen-bond acceptors (Lipinski definition) is 3. The summed E-state index contributed by atoms with van der Waals surface area (Å²) in [7, 11) is 0. The van der Waals surface area contributed by atoms with Gasteiger partial charge in [-0.1, -0.05) is 26.7 Å². The lowest BCUT2D eigenvalue weighted by Crippen LogP contribution is -2.34. The van der Waals surface area contributed by atoms with Crippen LogP contribution >= 0.6 is 0 Å². The van der Waals surface area contributed by atoms with Crippen molar-refractivity contribution in [3.8, 4) is 0 Å². The smallest absolute Gasteiger partial charge is 0.307 e. The summed E-state index contributed by atoms with van der Waals surface area (Å²) < 4.78 is 4.88. The Hall–Kier alpha value is -1.06. The number of unbranched alkanes of at least 4 members (excludes halogenated alkanes) is 2. The molecular weight excluding hydrogens is 230 g/mol. The molecule has 0 unspecified atom stereocenters. The van der Waals surface area contributed by atoms with Crippen molar-refractivity contribution >= 4 is 11.9 Å². The minimum absolute atomic E-state index is 0.162. The van der Waals surface area contributed by atoms with Gasteiger partial charge in [-0.15, -0.1) is 0 Å². The Morgan fingerprint density at radius 2 is 1.61 bits per heavy atom. The highest BCUT2D eigenvalue weighted by atomic mass is 16.5. The molecule has 18 heavy (non-hydrogen) atoms. The first-order valence-electron chi connectivity index (χ1n) is 7.09. The van der Waals surface area contributed by atoms with Gasteiger partial charge in [-0.3, -0.25) is 9.59 Å². The number of carbonyl (C=O) groups is 2. The molecule has 4 nitrogen and oxygen atoms in total. The number of esters is 1. The topological polar surface area (TPSA) is 46.6 Å². The van der Waals surface area contributed by atoms with Crippen LogP contribution in [0.1, 0.15) is 59.3 Å². The summed E-state index contributed by atoms with van der Waals surface area (Å²) in [5.41, 5.74) is 0. The second-order valence-corrected chi connectivity index (χ2v) is 4.39. The lowest BCUT2D eigenvalue weighted by molar-refractivity contribution is -0.144. The van der Waals surface area contributed by atoms with Gasteiger partial charge in [0, 0.05) is 19.5 Å². The summed E-state index contributed by atoms with van der Waals surface area (Å²) in [6.07, 6.45) is 4.86. The highest BCUT2D eigenvalue weighted by Gasteiger charge is 2.14. The van der Waals surface area contributed by atoms with E-state index in [9.17, 15) is 9.59 Å². The third kappa shape index (κ3) is 8.09. The van der Waals surface area contributed by atoms with Crippen LogP contribution in [0.4, 0.5) is 0 Å². The van der Waals surface area contributed by atoms with Crippen LogP contribution in [0.15, 0.2) is 0 Å². The second-order valence-electron chi connectivity index (χ2n) is 4.39. The maximum Gasteiger partial charge on any atom is 0.307 e. The van der Waals surface area contributed by atoms with E-state index in [1.165, 1.54) is 0 Å². The van der Waals surface area contributed by atoms with Gasteiger partial charge in [-0.05, 0) is 19.8 Å². The van der Waals surface area contributed by atoms with E-state index in [2.05, 4.69) is 13.8 Å². The standard InChI is InChI=1S/C14H27NO3/c1-4-7-9-13(16)15(11-8-5-2)12-10-14(17)18-6-3/h4-12H2,1-3H3. The molecule has 0 heterocycles. The molecule has 0 aliphatic carbocycles. The number of amides is 1. The third-order valence-electron chi connectivity index (χ3n) is 2.77. The molecule has 1 amide bonds. The predicted molar refractivity (Wildman–Crippen MR) is 72.3 cm³/mol. The maximum absolute atomic E-state index is 12.0. The van der Waals surface area contributed by atoms with Crippen molar-refractivity contribution in [3.05, 3.63) is 0 Å². The van der Waals surface area contributed by atoms with Gasteiger partial charge < -0.3 is 9.64 Å². The first-order chi connectivity index (χ1) is 8.65. The monoisotopic (exact) mass is 257 g/mol. The highest BCUT2D eigenvalue weighted by Crippen LogP contribution is 2.04. The van der Waals surface area contributed by atoms with Crippen LogP contribution in [0.25, 0.3) is 0 Å². The summed E-state index contributed by atoms with van der Waals surface area (Å²) in [5.74, 6) is -0.0584. The normalized spacial score (nSPS) is 10.2. The molecule has 0 saturated carbocycles. The molecule has 106 valence electrons. The number of carbonyl (C=O) groups excluding carboxylic acids is 2. The van der Waals surface area contributed by atoms with Crippen molar-refractivity contribution in [3.63, 3.8) is 0 Å². The van der Waals surface area contributed by atoms with Crippen molar-refractivity contribution in [2.24, 2.45) is 0 Å². The number of hydrogen-bond donors (Lipinski definition) is 0. The molecule has 0 spiro atoms. The molecule has 0 atom stereocenters. The van der Waals surface area contributed by atoms with Gasteiger partial charge in [-0.2, -0.15) is 0 Å². The molecule has 0 aromatic rings. The van der Waals surface area contributed by atoms with E-state index < -0.39 is 0 Å². The zero-order valence-electron chi connectivity index (χ0n) is 12.0. The first kappa shape index (κ1) is 16.9. The van der Waals surface area contributed by atoms with Gasteiger partial charge in [0.1, 0.15) is 0 Å².